The number of carbonyl (C=O) groups excluding carboxylic acids is 3. The molecule has 12 nitrogen and oxygen atoms in total. The Kier molecular flexibility index (Phi) is 8.67. The highest BCUT2D eigenvalue weighted by Gasteiger charge is 2.39. The Hall–Kier alpha value is -4.78. The van der Waals surface area contributed by atoms with Crippen molar-refractivity contribution >= 4 is 23.9 Å². The molecule has 1 aliphatic heterocycles. The topological polar surface area (TPSA) is 149 Å². The summed E-state index contributed by atoms with van der Waals surface area (Å²) in [5, 5.41) is 16.8. The SMILES string of the molecule is CC(C)(C)OC(=O)NCCCn1cc(-c2ccc(OC[C@H](ON3C(=O)c4ccccc4C3=O)C(=O)O)cc2F)cn1. The molecule has 2 heterocycles. The number of rotatable bonds is 11. The number of fused-ring (bicyclic) bond motifs is 1. The zero-order valence-electron chi connectivity index (χ0n) is 22.6. The fourth-order valence-electron chi connectivity index (χ4n) is 3.90. The predicted molar refractivity (Wildman–Crippen MR) is 141 cm³/mol. The van der Waals surface area contributed by atoms with Gasteiger partial charge in [0.25, 0.3) is 11.8 Å². The van der Waals surface area contributed by atoms with E-state index >= 15 is 0 Å². The minimum atomic E-state index is -1.72. The lowest BCUT2D eigenvalue weighted by molar-refractivity contribution is -0.178. The summed E-state index contributed by atoms with van der Waals surface area (Å²) in [6.45, 7) is 5.58. The fourth-order valence-corrected chi connectivity index (χ4v) is 3.90. The van der Waals surface area contributed by atoms with E-state index in [9.17, 15) is 28.7 Å². The minimum absolute atomic E-state index is 0.0177. The van der Waals surface area contributed by atoms with Gasteiger partial charge >= 0.3 is 12.1 Å². The smallest absolute Gasteiger partial charge is 0.407 e. The van der Waals surface area contributed by atoms with Crippen LogP contribution in [0, 0.1) is 5.82 Å². The summed E-state index contributed by atoms with van der Waals surface area (Å²) in [5.41, 5.74) is 0.361. The quantitative estimate of drug-likeness (QED) is 0.261. The predicted octanol–water partition coefficient (Wildman–Crippen LogP) is 3.66. The second-order valence-electron chi connectivity index (χ2n) is 10.1. The van der Waals surface area contributed by atoms with Gasteiger partial charge < -0.3 is 19.9 Å². The van der Waals surface area contributed by atoms with Gasteiger partial charge in [0, 0.05) is 36.5 Å². The van der Waals surface area contributed by atoms with E-state index in [1.165, 1.54) is 30.5 Å². The van der Waals surface area contributed by atoms with Crippen LogP contribution < -0.4 is 10.1 Å². The number of alkyl carbamates (subject to hydrolysis) is 1. The number of amides is 3. The first-order valence-electron chi connectivity index (χ1n) is 12.7. The molecule has 0 aliphatic carbocycles. The third-order valence-corrected chi connectivity index (χ3v) is 5.78. The van der Waals surface area contributed by atoms with E-state index in [1.807, 2.05) is 0 Å². The molecule has 0 saturated heterocycles. The molecule has 4 rings (SSSR count). The van der Waals surface area contributed by atoms with Crippen molar-refractivity contribution in [1.29, 1.82) is 0 Å². The second-order valence-corrected chi connectivity index (χ2v) is 10.1. The molecule has 0 bridgehead atoms. The van der Waals surface area contributed by atoms with Crippen molar-refractivity contribution < 1.29 is 43.0 Å². The summed E-state index contributed by atoms with van der Waals surface area (Å²) in [6, 6.07) is 9.99. The molecule has 0 radical (unpaired) electrons. The lowest BCUT2D eigenvalue weighted by Crippen LogP contribution is -2.41. The van der Waals surface area contributed by atoms with Gasteiger partial charge in [0.2, 0.25) is 6.10 Å². The van der Waals surface area contributed by atoms with Crippen LogP contribution in [0.15, 0.2) is 54.9 Å². The van der Waals surface area contributed by atoms with E-state index in [0.717, 1.165) is 6.07 Å². The number of nitrogens with zero attached hydrogens (tertiary/aromatic N) is 3. The van der Waals surface area contributed by atoms with Crippen molar-refractivity contribution in [2.75, 3.05) is 13.2 Å². The van der Waals surface area contributed by atoms with Crippen LogP contribution in [0.25, 0.3) is 11.1 Å². The van der Waals surface area contributed by atoms with Gasteiger partial charge in [0.15, 0.2) is 0 Å². The zero-order valence-corrected chi connectivity index (χ0v) is 22.6. The molecule has 1 aromatic heterocycles. The molecular formula is C28H29FN4O8. The molecule has 0 saturated carbocycles. The Balaban J connectivity index is 1.31. The number of ether oxygens (including phenoxy) is 2. The van der Waals surface area contributed by atoms with Crippen LogP contribution in [0.3, 0.4) is 0 Å². The number of aliphatic carboxylic acids is 1. The number of hydroxylamine groups is 2. The third kappa shape index (κ3) is 7.25. The molecule has 13 heteroatoms. The Morgan fingerprint density at radius 2 is 1.76 bits per heavy atom. The Morgan fingerprint density at radius 1 is 1.07 bits per heavy atom. The second kappa shape index (κ2) is 12.2. The third-order valence-electron chi connectivity index (χ3n) is 5.78. The van der Waals surface area contributed by atoms with Crippen LogP contribution in [-0.2, 0) is 20.9 Å². The number of hydrogen-bond acceptors (Lipinski definition) is 8. The van der Waals surface area contributed by atoms with E-state index in [4.69, 9.17) is 14.3 Å². The van der Waals surface area contributed by atoms with Gasteiger partial charge in [-0.05, 0) is 51.5 Å². The van der Waals surface area contributed by atoms with Crippen molar-refractivity contribution in [3.05, 3.63) is 71.8 Å². The van der Waals surface area contributed by atoms with Gasteiger partial charge in [-0.1, -0.05) is 12.1 Å². The molecule has 0 fully saturated rings. The average molecular weight is 569 g/mol. The minimum Gasteiger partial charge on any atom is -0.490 e. The number of aromatic nitrogens is 2. The molecule has 0 spiro atoms. The van der Waals surface area contributed by atoms with E-state index in [2.05, 4.69) is 10.4 Å². The standard InChI is InChI=1S/C28H29FN4O8/c1-28(2,3)40-27(38)30-11-6-12-32-15-17(14-31-32)19-10-9-18(13-22(19)29)39-16-23(26(36)37)41-33-24(34)20-7-4-5-8-21(20)25(33)35/h4-5,7-10,13-15,23H,6,11-12,16H2,1-3H3,(H,30,38)(H,36,37)/t23-/m0/s1. The number of carboxylic acids is 1. The molecule has 0 unspecified atom stereocenters. The highest BCUT2D eigenvalue weighted by Crippen LogP contribution is 2.27. The molecule has 216 valence electrons. The molecule has 3 amide bonds. The fraction of sp³-hybridized carbons (Fsp3) is 0.321. The van der Waals surface area contributed by atoms with Crippen LogP contribution in [0.4, 0.5) is 9.18 Å². The highest BCUT2D eigenvalue weighted by molar-refractivity contribution is 6.20. The molecule has 41 heavy (non-hydrogen) atoms. The van der Waals surface area contributed by atoms with Gasteiger partial charge in [-0.25, -0.2) is 18.8 Å². The van der Waals surface area contributed by atoms with Crippen molar-refractivity contribution in [1.82, 2.24) is 20.2 Å². The number of carbonyl (C=O) groups is 4. The first kappa shape index (κ1) is 29.2. The Bertz CT molecular complexity index is 1430. The van der Waals surface area contributed by atoms with Crippen molar-refractivity contribution in [3.8, 4) is 16.9 Å². The lowest BCUT2D eigenvalue weighted by Gasteiger charge is -2.19. The molecule has 3 aromatic rings. The molecular weight excluding hydrogens is 539 g/mol. The Labute approximate surface area is 234 Å². The Morgan fingerprint density at radius 3 is 2.37 bits per heavy atom. The first-order chi connectivity index (χ1) is 19.4. The van der Waals surface area contributed by atoms with Gasteiger partial charge in [-0.2, -0.15) is 5.10 Å². The van der Waals surface area contributed by atoms with Crippen LogP contribution in [0.5, 0.6) is 5.75 Å². The van der Waals surface area contributed by atoms with Crippen LogP contribution in [0.1, 0.15) is 47.9 Å². The number of imide groups is 1. The van der Waals surface area contributed by atoms with Crippen molar-refractivity contribution in [3.63, 3.8) is 0 Å². The van der Waals surface area contributed by atoms with E-state index < -0.39 is 48.0 Å². The number of hydrogen-bond donors (Lipinski definition) is 2. The molecule has 1 atom stereocenters. The zero-order chi connectivity index (χ0) is 29.7. The molecule has 2 N–H and O–H groups in total. The monoisotopic (exact) mass is 568 g/mol. The van der Waals surface area contributed by atoms with Crippen molar-refractivity contribution in [2.24, 2.45) is 0 Å². The van der Waals surface area contributed by atoms with Crippen molar-refractivity contribution in [2.45, 2.75) is 45.4 Å². The van der Waals surface area contributed by atoms with Crippen LogP contribution in [-0.4, -0.2) is 68.7 Å². The van der Waals surface area contributed by atoms with Crippen LogP contribution >= 0.6 is 0 Å². The maximum atomic E-state index is 14.9. The summed E-state index contributed by atoms with van der Waals surface area (Å²) in [4.78, 5) is 53.6. The summed E-state index contributed by atoms with van der Waals surface area (Å²) >= 11 is 0. The number of aryl methyl sites for hydroxylation is 1. The molecule has 2 aromatic carbocycles. The normalized spacial score (nSPS) is 13.6. The van der Waals surface area contributed by atoms with Gasteiger partial charge in [-0.15, -0.1) is 5.06 Å². The van der Waals surface area contributed by atoms with E-state index in [-0.39, 0.29) is 22.4 Å². The average Bonchev–Trinajstić information content (AvgIpc) is 3.46. The van der Waals surface area contributed by atoms with E-state index in [1.54, 1.807) is 43.8 Å². The lowest BCUT2D eigenvalue weighted by atomic mass is 10.1. The largest absolute Gasteiger partial charge is 0.490 e. The number of benzene rings is 2. The first-order valence-corrected chi connectivity index (χ1v) is 12.7. The van der Waals surface area contributed by atoms with Gasteiger partial charge in [-0.3, -0.25) is 14.3 Å². The number of nitrogens with one attached hydrogen (secondary N) is 1. The maximum absolute atomic E-state index is 14.9. The van der Waals surface area contributed by atoms with Gasteiger partial charge in [0.1, 0.15) is 23.8 Å². The van der Waals surface area contributed by atoms with E-state index in [0.29, 0.717) is 30.1 Å². The maximum Gasteiger partial charge on any atom is 0.407 e. The summed E-state index contributed by atoms with van der Waals surface area (Å²) in [6.07, 6.45) is 1.50. The summed E-state index contributed by atoms with van der Waals surface area (Å²) in [5.74, 6) is -3.67. The van der Waals surface area contributed by atoms with Gasteiger partial charge in [0.05, 0.1) is 17.3 Å². The van der Waals surface area contributed by atoms with Crippen LogP contribution in [0.2, 0.25) is 0 Å². The number of halogens is 1. The summed E-state index contributed by atoms with van der Waals surface area (Å²) in [7, 11) is 0. The highest BCUT2D eigenvalue weighted by atomic mass is 19.1. The number of carboxylic acid groups (broad SMARTS) is 1. The summed E-state index contributed by atoms with van der Waals surface area (Å²) < 4.78 is 27.1. The molecule has 1 aliphatic rings.